The van der Waals surface area contributed by atoms with Gasteiger partial charge in [0.05, 0.1) is 25.4 Å². The first-order valence-electron chi connectivity index (χ1n) is 17.7. The van der Waals surface area contributed by atoms with Crippen LogP contribution in [0.15, 0.2) is 61.2 Å². The van der Waals surface area contributed by atoms with Crippen LogP contribution >= 0.6 is 0 Å². The Balaban J connectivity index is 1.46. The second-order valence-corrected chi connectivity index (χ2v) is 11.9. The Bertz CT molecular complexity index is 1050. The summed E-state index contributed by atoms with van der Waals surface area (Å²) in [6.07, 6.45) is 23.3. The van der Waals surface area contributed by atoms with Crippen molar-refractivity contribution in [2.75, 3.05) is 26.4 Å². The zero-order valence-corrected chi connectivity index (χ0v) is 28.1. The number of hydrogen-bond donors (Lipinski definition) is 1. The van der Waals surface area contributed by atoms with Gasteiger partial charge in [-0.1, -0.05) is 103 Å². The zero-order chi connectivity index (χ0) is 32.9. The van der Waals surface area contributed by atoms with E-state index in [-0.39, 0.29) is 5.97 Å². The summed E-state index contributed by atoms with van der Waals surface area (Å²) in [6.45, 7) is 5.55. The highest BCUT2D eigenvalue weighted by molar-refractivity contribution is 5.91. The van der Waals surface area contributed by atoms with Gasteiger partial charge in [-0.15, -0.1) is 0 Å². The molecular weight excluding hydrogens is 580 g/mol. The maximum atomic E-state index is 12.6. The molecule has 0 saturated carbocycles. The Hall–Kier alpha value is -3.32. The molecule has 0 fully saturated rings. The molecule has 0 saturated heterocycles. The topological polar surface area (TPSA) is 91.3 Å². The molecule has 7 nitrogen and oxygen atoms in total. The van der Waals surface area contributed by atoms with E-state index in [1.54, 1.807) is 24.3 Å². The van der Waals surface area contributed by atoms with Gasteiger partial charge >= 0.3 is 11.9 Å². The van der Waals surface area contributed by atoms with Crippen LogP contribution in [-0.2, 0) is 9.53 Å². The minimum absolute atomic E-state index is 0.311. The van der Waals surface area contributed by atoms with E-state index in [0.717, 1.165) is 56.4 Å². The lowest BCUT2D eigenvalue weighted by Crippen LogP contribution is -2.08. The van der Waals surface area contributed by atoms with Crippen LogP contribution in [0, 0.1) is 0 Å². The first-order valence-corrected chi connectivity index (χ1v) is 17.7. The van der Waals surface area contributed by atoms with Crippen LogP contribution in [0.2, 0.25) is 0 Å². The number of aliphatic hydroxyl groups is 1. The average molecular weight is 639 g/mol. The zero-order valence-electron chi connectivity index (χ0n) is 28.1. The molecule has 2 aromatic carbocycles. The summed E-state index contributed by atoms with van der Waals surface area (Å²) in [5.41, 5.74) is 0.481. The molecule has 0 radical (unpaired) electrons. The monoisotopic (exact) mass is 638 g/mol. The number of aliphatic hydroxyl groups excluding tert-OH is 1. The Morgan fingerprint density at radius 2 is 0.891 bits per heavy atom. The molecule has 0 atom stereocenters. The van der Waals surface area contributed by atoms with Crippen LogP contribution < -0.4 is 14.2 Å². The first kappa shape index (κ1) is 38.9. The van der Waals surface area contributed by atoms with Crippen LogP contribution in [0.3, 0.4) is 0 Å². The molecule has 0 aliphatic heterocycles. The highest BCUT2D eigenvalue weighted by Gasteiger charge is 2.09. The molecule has 0 amide bonds. The Labute approximate surface area is 277 Å². The quantitative estimate of drug-likeness (QED) is 0.0410. The van der Waals surface area contributed by atoms with Crippen molar-refractivity contribution >= 4 is 11.9 Å². The molecule has 2 aromatic rings. The fourth-order valence-corrected chi connectivity index (χ4v) is 5.14. The summed E-state index contributed by atoms with van der Waals surface area (Å²) in [7, 11) is 0. The lowest BCUT2D eigenvalue weighted by Gasteiger charge is -2.09. The fourth-order valence-electron chi connectivity index (χ4n) is 5.14. The maximum absolute atomic E-state index is 12.6. The van der Waals surface area contributed by atoms with E-state index in [0.29, 0.717) is 37.7 Å². The number of benzene rings is 2. The van der Waals surface area contributed by atoms with E-state index >= 15 is 0 Å². The number of carbonyl (C=O) groups excluding carboxylic acids is 2. The van der Waals surface area contributed by atoms with Crippen molar-refractivity contribution in [1.82, 2.24) is 0 Å². The number of esters is 2. The molecule has 1 N–H and O–H groups in total. The highest BCUT2D eigenvalue weighted by Crippen LogP contribution is 2.21. The van der Waals surface area contributed by atoms with Gasteiger partial charge in [0.15, 0.2) is 0 Å². The lowest BCUT2D eigenvalue weighted by molar-refractivity contribution is -0.137. The van der Waals surface area contributed by atoms with E-state index in [4.69, 9.17) is 24.1 Å². The van der Waals surface area contributed by atoms with Crippen molar-refractivity contribution in [2.24, 2.45) is 0 Å². The standard InChI is InChI=1S/C39H58O7/c1-2-38(41)45-33-21-17-13-8-4-3-7-11-15-19-31-43-35-24-22-34(23-25-35)39(42)46-37-28-26-36(27-29-37)44-32-20-16-12-9-5-6-10-14-18-30-40/h2,22-29,40H,1,3-21,30-33H2. The second-order valence-electron chi connectivity index (χ2n) is 11.9. The third-order valence-electron chi connectivity index (χ3n) is 7.91. The van der Waals surface area contributed by atoms with Crippen molar-refractivity contribution in [1.29, 1.82) is 0 Å². The van der Waals surface area contributed by atoms with Gasteiger partial charge in [0, 0.05) is 12.7 Å². The smallest absolute Gasteiger partial charge is 0.343 e. The summed E-state index contributed by atoms with van der Waals surface area (Å²) in [6, 6.07) is 14.3. The predicted octanol–water partition coefficient (Wildman–Crippen LogP) is 9.80. The Kier molecular flexibility index (Phi) is 22.7. The van der Waals surface area contributed by atoms with E-state index in [1.807, 2.05) is 24.3 Å². The number of ether oxygens (including phenoxy) is 4. The van der Waals surface area contributed by atoms with Crippen molar-refractivity contribution in [3.8, 4) is 17.2 Å². The molecule has 256 valence electrons. The summed E-state index contributed by atoms with van der Waals surface area (Å²) in [5.74, 6) is 1.28. The molecule has 0 unspecified atom stereocenters. The third-order valence-corrected chi connectivity index (χ3v) is 7.91. The van der Waals surface area contributed by atoms with E-state index in [9.17, 15) is 9.59 Å². The van der Waals surface area contributed by atoms with Crippen LogP contribution in [0.25, 0.3) is 0 Å². The van der Waals surface area contributed by atoms with Gasteiger partial charge in [0.2, 0.25) is 0 Å². The van der Waals surface area contributed by atoms with E-state index in [2.05, 4.69) is 6.58 Å². The number of carbonyl (C=O) groups is 2. The molecular formula is C39H58O7. The third kappa shape index (κ3) is 19.9. The molecule has 0 spiro atoms. The fraction of sp³-hybridized carbons (Fsp3) is 0.590. The summed E-state index contributed by atoms with van der Waals surface area (Å²) in [4.78, 5) is 23.6. The number of unbranched alkanes of at least 4 members (excludes halogenated alkanes) is 17. The highest BCUT2D eigenvalue weighted by atomic mass is 16.5. The number of rotatable bonds is 29. The van der Waals surface area contributed by atoms with Crippen LogP contribution in [0.4, 0.5) is 0 Å². The summed E-state index contributed by atoms with van der Waals surface area (Å²) < 4.78 is 22.2. The van der Waals surface area contributed by atoms with Gasteiger partial charge < -0.3 is 24.1 Å². The second kappa shape index (κ2) is 26.9. The van der Waals surface area contributed by atoms with E-state index in [1.165, 1.54) is 83.1 Å². The maximum Gasteiger partial charge on any atom is 0.343 e. The Morgan fingerprint density at radius 3 is 1.33 bits per heavy atom. The van der Waals surface area contributed by atoms with Gasteiger partial charge in [-0.25, -0.2) is 9.59 Å². The minimum Gasteiger partial charge on any atom is -0.494 e. The predicted molar refractivity (Wildman–Crippen MR) is 185 cm³/mol. The largest absolute Gasteiger partial charge is 0.494 e. The van der Waals surface area contributed by atoms with Crippen molar-refractivity contribution in [3.05, 3.63) is 66.7 Å². The van der Waals surface area contributed by atoms with Crippen molar-refractivity contribution < 1.29 is 33.6 Å². The van der Waals surface area contributed by atoms with Crippen LogP contribution in [0.1, 0.15) is 132 Å². The van der Waals surface area contributed by atoms with Gasteiger partial charge in [-0.2, -0.15) is 0 Å². The molecule has 0 aromatic heterocycles. The molecule has 7 heteroatoms. The van der Waals surface area contributed by atoms with Gasteiger partial charge in [-0.05, 0) is 74.2 Å². The molecule has 0 aliphatic carbocycles. The summed E-state index contributed by atoms with van der Waals surface area (Å²) in [5, 5.41) is 8.81. The molecule has 46 heavy (non-hydrogen) atoms. The van der Waals surface area contributed by atoms with Gasteiger partial charge in [0.25, 0.3) is 0 Å². The SMILES string of the molecule is C=CC(=O)OCCCCCCCCCCCCOc1ccc(C(=O)Oc2ccc(OCCCCCCCCCCCO)cc2)cc1. The van der Waals surface area contributed by atoms with Crippen LogP contribution in [-0.4, -0.2) is 43.5 Å². The van der Waals surface area contributed by atoms with E-state index < -0.39 is 5.97 Å². The van der Waals surface area contributed by atoms with Crippen molar-refractivity contribution in [3.63, 3.8) is 0 Å². The summed E-state index contributed by atoms with van der Waals surface area (Å²) >= 11 is 0. The Morgan fingerprint density at radius 1 is 0.522 bits per heavy atom. The normalized spacial score (nSPS) is 10.8. The molecule has 0 bridgehead atoms. The molecule has 2 rings (SSSR count). The minimum atomic E-state index is -0.400. The van der Waals surface area contributed by atoms with Gasteiger partial charge in [-0.3, -0.25) is 0 Å². The van der Waals surface area contributed by atoms with Gasteiger partial charge in [0.1, 0.15) is 17.2 Å². The molecule has 0 aliphatic rings. The average Bonchev–Trinajstić information content (AvgIpc) is 3.08. The van der Waals surface area contributed by atoms with Crippen molar-refractivity contribution in [2.45, 2.75) is 122 Å². The van der Waals surface area contributed by atoms with Crippen LogP contribution in [0.5, 0.6) is 17.2 Å². The number of hydrogen-bond acceptors (Lipinski definition) is 7. The molecule has 0 heterocycles. The lowest BCUT2D eigenvalue weighted by atomic mass is 10.1. The first-order chi connectivity index (χ1) is 22.6.